The summed E-state index contributed by atoms with van der Waals surface area (Å²) < 4.78 is 11.1. The van der Waals surface area contributed by atoms with Gasteiger partial charge in [-0.15, -0.1) is 33.1 Å². The number of esters is 2. The molecule has 1 aliphatic carbocycles. The third-order valence-electron chi connectivity index (χ3n) is 12.9. The van der Waals surface area contributed by atoms with E-state index in [0.29, 0.717) is 28.3 Å². The van der Waals surface area contributed by atoms with E-state index < -0.39 is 17.9 Å². The van der Waals surface area contributed by atoms with Gasteiger partial charge >= 0.3 is 35.0 Å². The quantitative estimate of drug-likeness (QED) is 0.0742. The number of fused-ring (bicyclic) bond motifs is 8. The van der Waals surface area contributed by atoms with E-state index in [9.17, 15) is 14.7 Å². The SMILES string of the molecule is C=Cc1c2[n-]c(c1C)/C=C1\[N-]C(C3=c4[n-]c(c(C)c4=C(O)[C@@H]3C(=O)OC)/C=c3\[n-]/c(c(C)c3CC)=C\2)[C@@H](CCC(=O)OC/C=C(\C)CCC[C@H](C)CCCCC)[C@@H]1C.[Mg+2]. The topological polar surface area (TPSA) is 129 Å². The Morgan fingerprint density at radius 1 is 0.932 bits per heavy atom. The number of ether oxygens (including phenoxy) is 2. The van der Waals surface area contributed by atoms with Gasteiger partial charge in [-0.2, -0.15) is 5.70 Å². The van der Waals surface area contributed by atoms with Crippen molar-refractivity contribution in [1.82, 2.24) is 15.0 Å². The van der Waals surface area contributed by atoms with Crippen LogP contribution < -0.4 is 36.2 Å². The van der Waals surface area contributed by atoms with E-state index in [1.165, 1.54) is 44.8 Å². The first-order chi connectivity index (χ1) is 27.8. The summed E-state index contributed by atoms with van der Waals surface area (Å²) in [6, 6.07) is -0.569. The standard InChI is InChI=1S/C49H62N4O5.Mg/c1-11-14-15-17-27(4)18-16-19-28(5)22-23-58-42(54)21-20-35-31(8)38-24-36-29(6)33(12-2)40(50-36)25-37-30(7)34(13-3)41(51-37)26-39-32(9)43-47(53-39)44(46(35)52-38)45(48(43)55)49(56)57-10;/h12,22,24-27,31,35,45-46,55H,2,11,13-21,23H2,1,3-10H3;/q-4;+2/b28-22+,37-25-,38-24-,41-26-;/t27-,31+,35+,45-,46?;/m1./s1. The van der Waals surface area contributed by atoms with Crippen molar-refractivity contribution in [2.24, 2.45) is 23.7 Å². The number of aliphatic hydroxyl groups excluding tert-OH is 1. The fourth-order valence-electron chi connectivity index (χ4n) is 9.27. The van der Waals surface area contributed by atoms with Gasteiger partial charge < -0.3 is 34.8 Å². The molecule has 0 aromatic carbocycles. The molecule has 0 saturated carbocycles. The Bertz CT molecular complexity index is 2370. The maximum Gasteiger partial charge on any atom is 2.00 e. The number of allylic oxidation sites excluding steroid dienone is 2. The molecule has 0 radical (unpaired) electrons. The molecule has 3 aromatic heterocycles. The van der Waals surface area contributed by atoms with Crippen LogP contribution in [0, 0.1) is 44.4 Å². The van der Waals surface area contributed by atoms with E-state index in [1.54, 1.807) is 0 Å². The summed E-state index contributed by atoms with van der Waals surface area (Å²) in [6.07, 6.45) is 19.8. The van der Waals surface area contributed by atoms with Crippen LogP contribution in [0.5, 0.6) is 0 Å². The van der Waals surface area contributed by atoms with Crippen molar-refractivity contribution in [3.8, 4) is 0 Å². The molecule has 1 saturated heterocycles. The van der Waals surface area contributed by atoms with Gasteiger partial charge in [-0.3, -0.25) is 9.59 Å². The molecule has 9 nitrogen and oxygen atoms in total. The molecule has 3 aromatic rings. The van der Waals surface area contributed by atoms with Crippen LogP contribution in [0.3, 0.4) is 0 Å². The van der Waals surface area contributed by atoms with Crippen molar-refractivity contribution >= 4 is 70.6 Å². The number of rotatable bonds is 16. The molecule has 3 aliphatic rings. The van der Waals surface area contributed by atoms with Crippen molar-refractivity contribution in [2.75, 3.05) is 13.7 Å². The Kier molecular flexibility index (Phi) is 15.5. The van der Waals surface area contributed by atoms with Crippen LogP contribution in [0.2, 0.25) is 0 Å². The van der Waals surface area contributed by atoms with Crippen molar-refractivity contribution < 1.29 is 24.2 Å². The zero-order chi connectivity index (χ0) is 41.8. The molecule has 0 amide bonds. The normalized spacial score (nSPS) is 22.0. The van der Waals surface area contributed by atoms with Crippen LogP contribution in [0.1, 0.15) is 137 Å². The van der Waals surface area contributed by atoms with Gasteiger partial charge in [0.05, 0.1) is 7.11 Å². The Balaban J connectivity index is 0.00000661. The molecular formula is C49H62MgN4O5-2. The summed E-state index contributed by atoms with van der Waals surface area (Å²) in [6.45, 7) is 21.3. The number of carbonyl (C=O) groups excluding carboxylic acids is 2. The molecule has 1 unspecified atom stereocenters. The van der Waals surface area contributed by atoms with Crippen molar-refractivity contribution in [3.05, 3.63) is 95.4 Å². The fraction of sp³-hybridized carbons (Fsp3) is 0.510. The molecule has 5 atom stereocenters. The number of aromatic nitrogens is 3. The van der Waals surface area contributed by atoms with Gasteiger partial charge in [-0.25, -0.2) is 0 Å². The zero-order valence-corrected chi connectivity index (χ0v) is 38.2. The summed E-state index contributed by atoms with van der Waals surface area (Å²) in [5.41, 5.74) is 9.72. The molecule has 59 heavy (non-hydrogen) atoms. The van der Waals surface area contributed by atoms with E-state index in [2.05, 4.69) is 48.1 Å². The molecule has 5 heterocycles. The molecule has 0 spiro atoms. The first-order valence-electron chi connectivity index (χ1n) is 21.4. The Morgan fingerprint density at radius 3 is 2.34 bits per heavy atom. The minimum absolute atomic E-state index is 0. The first kappa shape index (κ1) is 45.9. The van der Waals surface area contributed by atoms with Crippen molar-refractivity contribution in [1.29, 1.82) is 0 Å². The van der Waals surface area contributed by atoms with Crippen LogP contribution in [0.4, 0.5) is 0 Å². The summed E-state index contributed by atoms with van der Waals surface area (Å²) >= 11 is 0. The maximum atomic E-state index is 13.6. The molecular weight excluding hydrogens is 749 g/mol. The van der Waals surface area contributed by atoms with E-state index >= 15 is 0 Å². The van der Waals surface area contributed by atoms with Crippen LogP contribution in [0.25, 0.3) is 41.0 Å². The molecule has 2 aliphatic heterocycles. The maximum absolute atomic E-state index is 13.6. The second kappa shape index (κ2) is 19.9. The second-order valence-corrected chi connectivity index (χ2v) is 16.8. The number of hydrogen-bond acceptors (Lipinski definition) is 5. The van der Waals surface area contributed by atoms with Gasteiger partial charge in [-0.1, -0.05) is 130 Å². The van der Waals surface area contributed by atoms with Crippen molar-refractivity contribution in [3.63, 3.8) is 0 Å². The van der Waals surface area contributed by atoms with Crippen LogP contribution in [-0.2, 0) is 25.5 Å². The fourth-order valence-corrected chi connectivity index (χ4v) is 9.27. The third kappa shape index (κ3) is 9.44. The van der Waals surface area contributed by atoms with Gasteiger partial charge in [0.15, 0.2) is 0 Å². The number of hydrogen-bond donors (Lipinski definition) is 1. The monoisotopic (exact) mass is 810 g/mol. The number of methoxy groups -OCH3 is 1. The molecule has 6 rings (SSSR count). The van der Waals surface area contributed by atoms with E-state index in [0.717, 1.165) is 80.8 Å². The second-order valence-electron chi connectivity index (χ2n) is 16.8. The summed E-state index contributed by atoms with van der Waals surface area (Å²) in [7, 11) is 1.33. The zero-order valence-electron chi connectivity index (χ0n) is 36.8. The van der Waals surface area contributed by atoms with Gasteiger partial charge in [0.1, 0.15) is 18.3 Å². The van der Waals surface area contributed by atoms with Gasteiger partial charge in [0.25, 0.3) is 0 Å². The van der Waals surface area contributed by atoms with E-state index in [4.69, 9.17) is 29.7 Å². The van der Waals surface area contributed by atoms with Crippen LogP contribution in [0.15, 0.2) is 23.9 Å². The first-order valence-corrected chi connectivity index (χ1v) is 21.4. The summed E-state index contributed by atoms with van der Waals surface area (Å²) in [5.74, 6) is -1.60. The van der Waals surface area contributed by atoms with Gasteiger partial charge in [0, 0.05) is 11.6 Å². The summed E-state index contributed by atoms with van der Waals surface area (Å²) in [4.78, 5) is 42.2. The predicted octanol–water partition coefficient (Wildman–Crippen LogP) is 6.60. The van der Waals surface area contributed by atoms with E-state index in [-0.39, 0.29) is 59.6 Å². The smallest absolute Gasteiger partial charge is 0.681 e. The molecule has 1 fully saturated rings. The molecule has 1 N–H and O–H groups in total. The minimum atomic E-state index is -1.07. The number of aliphatic hydroxyl groups is 1. The van der Waals surface area contributed by atoms with Crippen LogP contribution in [-0.4, -0.2) is 59.9 Å². The molecule has 312 valence electrons. The van der Waals surface area contributed by atoms with Gasteiger partial charge in [0.2, 0.25) is 0 Å². The largest absolute Gasteiger partial charge is 2.00 e. The Morgan fingerprint density at radius 2 is 1.64 bits per heavy atom. The average Bonchev–Trinajstić information content (AvgIpc) is 3.94. The average molecular weight is 811 g/mol. The van der Waals surface area contributed by atoms with Crippen LogP contribution >= 0.6 is 0 Å². The molecule has 10 heteroatoms. The Hall–Kier alpha value is -4.15. The minimum Gasteiger partial charge on any atom is -0.681 e. The molecule has 8 bridgehead atoms. The Labute approximate surface area is 366 Å². The van der Waals surface area contributed by atoms with Crippen molar-refractivity contribution in [2.45, 2.75) is 126 Å². The summed E-state index contributed by atoms with van der Waals surface area (Å²) in [5, 5.41) is 19.9. The van der Waals surface area contributed by atoms with Gasteiger partial charge in [-0.05, 0) is 82.8 Å². The third-order valence-corrected chi connectivity index (χ3v) is 12.9. The van der Waals surface area contributed by atoms with E-state index in [1.807, 2.05) is 44.2 Å². The number of nitrogens with zero attached hydrogens (tertiary/aromatic N) is 4. The number of unbranched alkanes of at least 4 members (excludes halogenated alkanes) is 2. The number of carbonyl (C=O) groups is 2. The predicted molar refractivity (Wildman–Crippen MR) is 238 cm³/mol.